The van der Waals surface area contributed by atoms with E-state index >= 15 is 0 Å². The minimum Gasteiger partial charge on any atom is -0.493 e. The van der Waals surface area contributed by atoms with E-state index in [0.29, 0.717) is 27.6 Å². The second kappa shape index (κ2) is 10.3. The highest BCUT2D eigenvalue weighted by Gasteiger charge is 2.21. The van der Waals surface area contributed by atoms with Gasteiger partial charge in [0.05, 0.1) is 19.7 Å². The van der Waals surface area contributed by atoms with Gasteiger partial charge in [0.2, 0.25) is 5.91 Å². The number of methoxy groups -OCH3 is 2. The van der Waals surface area contributed by atoms with Gasteiger partial charge in [-0.3, -0.25) is 9.59 Å². The Kier molecular flexibility index (Phi) is 7.17. The number of pyridine rings is 1. The Bertz CT molecular complexity index is 1570. The number of rotatable bonds is 6. The molecule has 1 amide bonds. The number of ether oxygens (including phenoxy) is 2. The minimum atomic E-state index is -0.445. The van der Waals surface area contributed by atoms with Crippen molar-refractivity contribution in [1.29, 1.82) is 0 Å². The molecule has 184 valence electrons. The van der Waals surface area contributed by atoms with Crippen LogP contribution in [0.1, 0.15) is 16.7 Å². The number of benzene rings is 3. The normalized spacial score (nSPS) is 11.2. The number of nitrogens with zero attached hydrogens (tertiary/aromatic N) is 1. The summed E-state index contributed by atoms with van der Waals surface area (Å²) in [5.41, 5.74) is 4.65. The van der Waals surface area contributed by atoms with Crippen LogP contribution in [0.25, 0.3) is 28.1 Å². The molecule has 0 bridgehead atoms. The highest BCUT2D eigenvalue weighted by Crippen LogP contribution is 2.38. The fourth-order valence-corrected chi connectivity index (χ4v) is 4.69. The molecule has 1 aromatic heterocycles. The molecule has 7 heteroatoms. The third-order valence-electron chi connectivity index (χ3n) is 6.04. The van der Waals surface area contributed by atoms with E-state index in [1.165, 1.54) is 6.08 Å². The third-order valence-corrected chi connectivity index (χ3v) is 6.37. The Balaban J connectivity index is 1.84. The van der Waals surface area contributed by atoms with E-state index in [2.05, 4.69) is 5.32 Å². The molecule has 0 unspecified atom stereocenters. The number of hydrogen-bond donors (Lipinski definition) is 1. The molecular formula is C29H27ClN2O4. The first kappa shape index (κ1) is 25.1. The number of aryl methyl sites for hydroxylation is 3. The number of amides is 1. The zero-order valence-corrected chi connectivity index (χ0v) is 21.6. The van der Waals surface area contributed by atoms with Crippen LogP contribution in [0.3, 0.4) is 0 Å². The first-order valence-corrected chi connectivity index (χ1v) is 11.7. The van der Waals surface area contributed by atoms with Crippen LogP contribution in [0, 0.1) is 13.8 Å². The van der Waals surface area contributed by atoms with Crippen molar-refractivity contribution in [2.24, 2.45) is 7.05 Å². The molecule has 6 nitrogen and oxygen atoms in total. The molecule has 1 heterocycles. The van der Waals surface area contributed by atoms with Crippen LogP contribution in [-0.2, 0) is 11.8 Å². The molecule has 0 atom stereocenters. The Hall–Kier alpha value is -4.03. The van der Waals surface area contributed by atoms with Gasteiger partial charge in [-0.25, -0.2) is 0 Å². The third kappa shape index (κ3) is 4.72. The van der Waals surface area contributed by atoms with E-state index in [9.17, 15) is 9.59 Å². The Morgan fingerprint density at radius 3 is 2.42 bits per heavy atom. The maximum absolute atomic E-state index is 13.5. The maximum Gasteiger partial charge on any atom is 0.275 e. The summed E-state index contributed by atoms with van der Waals surface area (Å²) >= 11 is 6.58. The van der Waals surface area contributed by atoms with Gasteiger partial charge in [-0.05, 0) is 55.3 Å². The smallest absolute Gasteiger partial charge is 0.275 e. The van der Waals surface area contributed by atoms with Crippen molar-refractivity contribution in [2.45, 2.75) is 13.8 Å². The van der Waals surface area contributed by atoms with Crippen LogP contribution >= 0.6 is 11.6 Å². The number of carbonyl (C=O) groups excluding carboxylic acids is 1. The quantitative estimate of drug-likeness (QED) is 0.321. The largest absolute Gasteiger partial charge is 0.493 e. The van der Waals surface area contributed by atoms with Gasteiger partial charge in [0.15, 0.2) is 11.5 Å². The van der Waals surface area contributed by atoms with Gasteiger partial charge < -0.3 is 19.4 Å². The van der Waals surface area contributed by atoms with Gasteiger partial charge in [-0.2, -0.15) is 0 Å². The van der Waals surface area contributed by atoms with Gasteiger partial charge in [0.1, 0.15) is 5.69 Å². The summed E-state index contributed by atoms with van der Waals surface area (Å²) in [5.74, 6) is 0.697. The van der Waals surface area contributed by atoms with Gasteiger partial charge in [-0.1, -0.05) is 47.5 Å². The molecule has 36 heavy (non-hydrogen) atoms. The Labute approximate surface area is 214 Å². The van der Waals surface area contributed by atoms with Crippen molar-refractivity contribution >= 4 is 40.2 Å². The Morgan fingerprint density at radius 1 is 1.00 bits per heavy atom. The van der Waals surface area contributed by atoms with Gasteiger partial charge in [0.25, 0.3) is 5.56 Å². The highest BCUT2D eigenvalue weighted by molar-refractivity contribution is 6.34. The molecule has 0 radical (unpaired) electrons. The Morgan fingerprint density at radius 2 is 1.72 bits per heavy atom. The average molecular weight is 503 g/mol. The molecule has 0 aliphatic rings. The van der Waals surface area contributed by atoms with Crippen LogP contribution < -0.4 is 20.3 Å². The summed E-state index contributed by atoms with van der Waals surface area (Å²) in [6.45, 7) is 3.97. The molecule has 1 N–H and O–H groups in total. The molecule has 0 saturated heterocycles. The lowest BCUT2D eigenvalue weighted by molar-refractivity contribution is -0.111. The number of hydrogen-bond acceptors (Lipinski definition) is 4. The average Bonchev–Trinajstić information content (AvgIpc) is 2.86. The van der Waals surface area contributed by atoms with Gasteiger partial charge in [0, 0.05) is 34.7 Å². The minimum absolute atomic E-state index is 0.171. The summed E-state index contributed by atoms with van der Waals surface area (Å²) in [5, 5.41) is 4.15. The predicted molar refractivity (Wildman–Crippen MR) is 146 cm³/mol. The van der Waals surface area contributed by atoms with E-state index in [4.69, 9.17) is 21.1 Å². The summed E-state index contributed by atoms with van der Waals surface area (Å²) in [6.07, 6.45) is 3.02. The van der Waals surface area contributed by atoms with Crippen molar-refractivity contribution < 1.29 is 14.3 Å². The molecule has 4 aromatic rings. The number of nitrogens with one attached hydrogen (secondary N) is 1. The van der Waals surface area contributed by atoms with E-state index in [1.807, 2.05) is 44.2 Å². The van der Waals surface area contributed by atoms with Crippen LogP contribution in [0.15, 0.2) is 65.5 Å². The molecule has 0 aliphatic heterocycles. The van der Waals surface area contributed by atoms with Gasteiger partial charge in [-0.15, -0.1) is 0 Å². The van der Waals surface area contributed by atoms with E-state index < -0.39 is 5.91 Å². The van der Waals surface area contributed by atoms with E-state index in [1.54, 1.807) is 56.2 Å². The van der Waals surface area contributed by atoms with Crippen LogP contribution in [-0.4, -0.2) is 24.7 Å². The van der Waals surface area contributed by atoms with Crippen molar-refractivity contribution in [3.8, 4) is 22.6 Å². The summed E-state index contributed by atoms with van der Waals surface area (Å²) in [4.78, 5) is 26.6. The molecule has 3 aromatic carbocycles. The molecule has 4 rings (SSSR count). The van der Waals surface area contributed by atoms with Crippen LogP contribution in [0.2, 0.25) is 5.02 Å². The second-order valence-corrected chi connectivity index (χ2v) is 8.92. The van der Waals surface area contributed by atoms with Crippen LogP contribution in [0.4, 0.5) is 5.69 Å². The number of fused-ring (bicyclic) bond motifs is 1. The molecule has 0 spiro atoms. The van der Waals surface area contributed by atoms with Crippen molar-refractivity contribution in [1.82, 2.24) is 4.57 Å². The van der Waals surface area contributed by atoms with Gasteiger partial charge >= 0.3 is 0 Å². The maximum atomic E-state index is 13.5. The zero-order valence-electron chi connectivity index (χ0n) is 20.8. The molecule has 0 fully saturated rings. The molecule has 0 aliphatic carbocycles. The molecule has 0 saturated carbocycles. The fraction of sp³-hybridized carbons (Fsp3) is 0.172. The monoisotopic (exact) mass is 502 g/mol. The van der Waals surface area contributed by atoms with Crippen molar-refractivity contribution in [3.63, 3.8) is 0 Å². The number of carbonyl (C=O) groups is 1. The van der Waals surface area contributed by atoms with E-state index in [0.717, 1.165) is 27.6 Å². The molecular weight excluding hydrogens is 476 g/mol. The summed E-state index contributed by atoms with van der Waals surface area (Å²) in [7, 11) is 4.82. The fourth-order valence-electron chi connectivity index (χ4n) is 4.46. The van der Waals surface area contributed by atoms with Crippen molar-refractivity contribution in [3.05, 3.63) is 92.7 Å². The standard InChI is InChI=1S/C29H27ClN2O4/c1-17-14-18(2)28-21(15-17)26(20-8-6-7-9-22(20)30)27(29(34)32(28)3)31-25(33)13-11-19-10-12-23(35-4)24(16-19)36-5/h6-16H,1-5H3,(H,31,33)/b13-11+. The first-order chi connectivity index (χ1) is 17.2. The van der Waals surface area contributed by atoms with E-state index in [-0.39, 0.29) is 11.2 Å². The topological polar surface area (TPSA) is 69.6 Å². The number of aromatic nitrogens is 1. The summed E-state index contributed by atoms with van der Waals surface area (Å²) in [6, 6.07) is 16.7. The lowest BCUT2D eigenvalue weighted by Crippen LogP contribution is -2.25. The highest BCUT2D eigenvalue weighted by atomic mass is 35.5. The summed E-state index contributed by atoms with van der Waals surface area (Å²) < 4.78 is 12.2. The zero-order chi connectivity index (χ0) is 26.0. The van der Waals surface area contributed by atoms with Crippen molar-refractivity contribution in [2.75, 3.05) is 19.5 Å². The lowest BCUT2D eigenvalue weighted by atomic mass is 9.95. The number of anilines is 1. The SMILES string of the molecule is COc1ccc(/C=C/C(=O)Nc2c(-c3ccccc3Cl)c3cc(C)cc(C)c3n(C)c2=O)cc1OC. The second-order valence-electron chi connectivity index (χ2n) is 8.51. The van der Waals surface area contributed by atoms with Crippen LogP contribution in [0.5, 0.6) is 11.5 Å². The first-order valence-electron chi connectivity index (χ1n) is 11.3. The predicted octanol–water partition coefficient (Wildman–Crippen LogP) is 6.14. The number of halogens is 1. The lowest BCUT2D eigenvalue weighted by Gasteiger charge is -2.19.